The molecule has 0 saturated carbocycles. The van der Waals surface area contributed by atoms with E-state index in [1.165, 1.54) is 16.0 Å². The number of guanidine groups is 1. The molecule has 6 nitrogen and oxygen atoms in total. The van der Waals surface area contributed by atoms with Gasteiger partial charge >= 0.3 is 0 Å². The molecule has 31 heavy (non-hydrogen) atoms. The van der Waals surface area contributed by atoms with Gasteiger partial charge in [-0.3, -0.25) is 4.90 Å². The fourth-order valence-corrected chi connectivity index (χ4v) is 4.51. The lowest BCUT2D eigenvalue weighted by Crippen LogP contribution is -2.41. The molecule has 0 aliphatic carbocycles. The van der Waals surface area contributed by atoms with Crippen LogP contribution >= 0.6 is 35.3 Å². The molecule has 3 rings (SSSR count). The molecule has 2 heterocycles. The zero-order valence-corrected chi connectivity index (χ0v) is 22.0. The molecule has 1 unspecified atom stereocenters. The van der Waals surface area contributed by atoms with Crippen molar-refractivity contribution >= 4 is 41.3 Å². The van der Waals surface area contributed by atoms with Crippen molar-refractivity contribution < 1.29 is 4.74 Å². The van der Waals surface area contributed by atoms with E-state index in [0.717, 1.165) is 51.9 Å². The number of hydrogen-bond acceptors (Lipinski definition) is 5. The average Bonchev–Trinajstić information content (AvgIpc) is 3.28. The Labute approximate surface area is 208 Å². The molecule has 1 atom stereocenters. The molecule has 1 aromatic carbocycles. The third kappa shape index (κ3) is 8.34. The highest BCUT2D eigenvalue weighted by Crippen LogP contribution is 2.22. The Kier molecular flexibility index (Phi) is 11.8. The molecule has 2 N–H and O–H groups in total. The van der Waals surface area contributed by atoms with Crippen LogP contribution in [-0.4, -0.2) is 69.2 Å². The van der Waals surface area contributed by atoms with Crippen molar-refractivity contribution in [1.82, 2.24) is 20.4 Å². The second-order valence-electron chi connectivity index (χ2n) is 7.73. The number of nitrogens with zero attached hydrogens (tertiary/aromatic N) is 3. The van der Waals surface area contributed by atoms with Gasteiger partial charge in [-0.1, -0.05) is 30.3 Å². The van der Waals surface area contributed by atoms with E-state index in [2.05, 4.69) is 83.2 Å². The maximum atomic E-state index is 5.48. The van der Waals surface area contributed by atoms with Gasteiger partial charge in [0.15, 0.2) is 5.96 Å². The Balaban J connectivity index is 0.00000341. The summed E-state index contributed by atoms with van der Waals surface area (Å²) in [5, 5.41) is 9.06. The summed E-state index contributed by atoms with van der Waals surface area (Å²) in [6.07, 6.45) is 0. The van der Waals surface area contributed by atoms with Crippen molar-refractivity contribution in [2.24, 2.45) is 4.99 Å². The van der Waals surface area contributed by atoms with Crippen molar-refractivity contribution in [2.75, 3.05) is 53.5 Å². The molecule has 172 valence electrons. The van der Waals surface area contributed by atoms with Crippen LogP contribution in [0.1, 0.15) is 29.0 Å². The fraction of sp³-hybridized carbons (Fsp3) is 0.522. The fourth-order valence-electron chi connectivity index (χ4n) is 3.58. The van der Waals surface area contributed by atoms with E-state index in [4.69, 9.17) is 9.73 Å². The number of rotatable bonds is 9. The topological polar surface area (TPSA) is 52.1 Å². The van der Waals surface area contributed by atoms with Gasteiger partial charge in [0, 0.05) is 37.6 Å². The second-order valence-corrected chi connectivity index (χ2v) is 8.71. The summed E-state index contributed by atoms with van der Waals surface area (Å²) < 4.78 is 5.48. The Bertz CT molecular complexity index is 778. The van der Waals surface area contributed by atoms with Crippen molar-refractivity contribution in [3.05, 3.63) is 57.8 Å². The number of halogens is 1. The first-order valence-electron chi connectivity index (χ1n) is 10.8. The summed E-state index contributed by atoms with van der Waals surface area (Å²) >= 11 is 1.80. The van der Waals surface area contributed by atoms with Gasteiger partial charge in [-0.25, -0.2) is 4.99 Å². The molecule has 8 heteroatoms. The number of hydrogen-bond donors (Lipinski definition) is 2. The molecular weight excluding hydrogens is 521 g/mol. The normalized spacial score (nSPS) is 16.1. The first-order valence-corrected chi connectivity index (χ1v) is 11.6. The summed E-state index contributed by atoms with van der Waals surface area (Å²) in [6, 6.07) is 13.3. The van der Waals surface area contributed by atoms with Crippen LogP contribution in [0.3, 0.4) is 0 Å². The number of likely N-dealkylation sites (N-methyl/N-ethyl adjacent to an activating group) is 1. The van der Waals surface area contributed by atoms with Gasteiger partial charge in [0.1, 0.15) is 0 Å². The van der Waals surface area contributed by atoms with E-state index in [9.17, 15) is 0 Å². The minimum Gasteiger partial charge on any atom is -0.379 e. The predicted molar refractivity (Wildman–Crippen MR) is 142 cm³/mol. The maximum Gasteiger partial charge on any atom is 0.191 e. The molecule has 0 spiro atoms. The minimum absolute atomic E-state index is 0. The lowest BCUT2D eigenvalue weighted by Gasteiger charge is -2.27. The standard InChI is InChI=1S/C23H35N5OS.HI/c1-4-24-23(26-17-21(27(2)3)22-10-7-15-30-22)25-16-19-8-5-6-9-20(19)18-28-11-13-29-14-12-28;/h5-10,15,21H,4,11-14,16-18H2,1-3H3,(H2,24,25,26);1H. The minimum atomic E-state index is 0. The zero-order valence-electron chi connectivity index (χ0n) is 18.8. The molecule has 1 aromatic heterocycles. The monoisotopic (exact) mass is 557 g/mol. The molecule has 1 aliphatic heterocycles. The van der Waals surface area contributed by atoms with E-state index < -0.39 is 0 Å². The van der Waals surface area contributed by atoms with Gasteiger partial charge in [-0.15, -0.1) is 35.3 Å². The molecule has 0 radical (unpaired) electrons. The van der Waals surface area contributed by atoms with E-state index >= 15 is 0 Å². The molecule has 0 amide bonds. The summed E-state index contributed by atoms with van der Waals surface area (Å²) in [5.41, 5.74) is 2.63. The lowest BCUT2D eigenvalue weighted by atomic mass is 10.1. The van der Waals surface area contributed by atoms with Crippen LogP contribution in [0.25, 0.3) is 0 Å². The molecule has 0 bridgehead atoms. The number of aliphatic imine (C=N–C) groups is 1. The second kappa shape index (κ2) is 14.1. The van der Waals surface area contributed by atoms with Crippen LogP contribution in [0.2, 0.25) is 0 Å². The Morgan fingerprint density at radius 2 is 1.87 bits per heavy atom. The van der Waals surface area contributed by atoms with Crippen molar-refractivity contribution in [3.8, 4) is 0 Å². The molecular formula is C23H36IN5OS. The van der Waals surface area contributed by atoms with Crippen LogP contribution < -0.4 is 10.6 Å². The maximum absolute atomic E-state index is 5.48. The van der Waals surface area contributed by atoms with Crippen molar-refractivity contribution in [2.45, 2.75) is 26.1 Å². The molecule has 1 saturated heterocycles. The van der Waals surface area contributed by atoms with E-state index in [1.807, 2.05) is 0 Å². The summed E-state index contributed by atoms with van der Waals surface area (Å²) in [6.45, 7) is 9.03. The molecule has 2 aromatic rings. The number of morpholine rings is 1. The quantitative estimate of drug-likeness (QED) is 0.281. The van der Waals surface area contributed by atoms with Gasteiger partial charge < -0.3 is 20.3 Å². The number of ether oxygens (including phenoxy) is 1. The van der Waals surface area contributed by atoms with Crippen LogP contribution in [0, 0.1) is 0 Å². The SMILES string of the molecule is CCNC(=NCc1ccccc1CN1CCOCC1)NCC(c1cccs1)N(C)C.I. The number of thiophene rings is 1. The van der Waals surface area contributed by atoms with E-state index in [1.54, 1.807) is 11.3 Å². The van der Waals surface area contributed by atoms with Gasteiger partial charge in [0.05, 0.1) is 25.8 Å². The Morgan fingerprint density at radius 3 is 2.52 bits per heavy atom. The Hall–Kier alpha value is -1.20. The summed E-state index contributed by atoms with van der Waals surface area (Å²) in [4.78, 5) is 11.0. The van der Waals surface area contributed by atoms with E-state index in [0.29, 0.717) is 12.6 Å². The third-order valence-corrected chi connectivity index (χ3v) is 6.30. The number of nitrogens with one attached hydrogen (secondary N) is 2. The first kappa shape index (κ1) is 26.1. The smallest absolute Gasteiger partial charge is 0.191 e. The predicted octanol–water partition coefficient (Wildman–Crippen LogP) is 3.56. The highest BCUT2D eigenvalue weighted by Gasteiger charge is 2.16. The third-order valence-electron chi connectivity index (χ3n) is 5.33. The van der Waals surface area contributed by atoms with Crippen LogP contribution in [0.5, 0.6) is 0 Å². The molecule has 1 fully saturated rings. The average molecular weight is 558 g/mol. The number of benzene rings is 1. The van der Waals surface area contributed by atoms with Gasteiger partial charge in [-0.05, 0) is 43.6 Å². The van der Waals surface area contributed by atoms with Gasteiger partial charge in [0.25, 0.3) is 0 Å². The van der Waals surface area contributed by atoms with Crippen LogP contribution in [0.15, 0.2) is 46.8 Å². The summed E-state index contributed by atoms with van der Waals surface area (Å²) in [5.74, 6) is 0.863. The highest BCUT2D eigenvalue weighted by atomic mass is 127. The molecule has 1 aliphatic rings. The van der Waals surface area contributed by atoms with Crippen LogP contribution in [-0.2, 0) is 17.8 Å². The lowest BCUT2D eigenvalue weighted by molar-refractivity contribution is 0.0341. The van der Waals surface area contributed by atoms with E-state index in [-0.39, 0.29) is 24.0 Å². The summed E-state index contributed by atoms with van der Waals surface area (Å²) in [7, 11) is 4.25. The van der Waals surface area contributed by atoms with Crippen molar-refractivity contribution in [3.63, 3.8) is 0 Å². The van der Waals surface area contributed by atoms with Gasteiger partial charge in [-0.2, -0.15) is 0 Å². The largest absolute Gasteiger partial charge is 0.379 e. The highest BCUT2D eigenvalue weighted by molar-refractivity contribution is 14.0. The van der Waals surface area contributed by atoms with Crippen molar-refractivity contribution in [1.29, 1.82) is 0 Å². The van der Waals surface area contributed by atoms with Gasteiger partial charge in [0.2, 0.25) is 0 Å². The van der Waals surface area contributed by atoms with Crippen LogP contribution in [0.4, 0.5) is 0 Å². The Morgan fingerprint density at radius 1 is 1.13 bits per heavy atom. The zero-order chi connectivity index (χ0) is 21.2. The first-order chi connectivity index (χ1) is 14.7.